The first-order chi connectivity index (χ1) is 6.10. The van der Waals surface area contributed by atoms with Gasteiger partial charge in [-0.25, -0.2) is 0 Å². The van der Waals surface area contributed by atoms with Crippen LogP contribution in [0.1, 0.15) is 26.7 Å². The molecule has 13 heavy (non-hydrogen) atoms. The Bertz CT molecular complexity index is 178. The van der Waals surface area contributed by atoms with Gasteiger partial charge in [0.2, 0.25) is 0 Å². The van der Waals surface area contributed by atoms with Gasteiger partial charge >= 0.3 is 5.97 Å². The topological polar surface area (TPSA) is 63.3 Å². The molecule has 0 saturated heterocycles. The molecule has 0 rings (SSSR count). The van der Waals surface area contributed by atoms with Crippen molar-refractivity contribution >= 4 is 5.97 Å². The van der Waals surface area contributed by atoms with Crippen molar-refractivity contribution in [3.8, 4) is 0 Å². The summed E-state index contributed by atoms with van der Waals surface area (Å²) in [5.74, 6) is -0.246. The molecule has 0 aliphatic carbocycles. The van der Waals surface area contributed by atoms with Crippen molar-refractivity contribution in [2.24, 2.45) is 17.6 Å². The van der Waals surface area contributed by atoms with E-state index in [0.717, 1.165) is 6.42 Å². The Kier molecular flexibility index (Phi) is 6.24. The summed E-state index contributed by atoms with van der Waals surface area (Å²) in [5.41, 5.74) is 5.48. The lowest BCUT2D eigenvalue weighted by Gasteiger charge is -2.14. The van der Waals surface area contributed by atoms with Crippen molar-refractivity contribution in [3.63, 3.8) is 0 Å². The highest BCUT2D eigenvalue weighted by molar-refractivity contribution is 5.67. The molecule has 0 aromatic heterocycles. The van der Waals surface area contributed by atoms with Crippen LogP contribution in [0.4, 0.5) is 0 Å². The standard InChI is InChI=1S/C10H19NO2/c1-3-4-8(2)5-9(7-11)6-10(12)13/h3-4,8-9H,5-7,11H2,1-2H3,(H,12,13)/t8?,9-/m0/s1. The Morgan fingerprint density at radius 2 is 2.23 bits per heavy atom. The molecule has 2 atom stereocenters. The van der Waals surface area contributed by atoms with Crippen LogP contribution in [0, 0.1) is 11.8 Å². The maximum atomic E-state index is 10.4. The lowest BCUT2D eigenvalue weighted by Crippen LogP contribution is -2.19. The minimum absolute atomic E-state index is 0.101. The maximum Gasteiger partial charge on any atom is 0.303 e. The first kappa shape index (κ1) is 12.2. The second kappa shape index (κ2) is 6.66. The van der Waals surface area contributed by atoms with E-state index < -0.39 is 5.97 Å². The number of carboxylic acids is 1. The lowest BCUT2D eigenvalue weighted by molar-refractivity contribution is -0.138. The van der Waals surface area contributed by atoms with E-state index in [1.165, 1.54) is 0 Å². The van der Waals surface area contributed by atoms with Gasteiger partial charge in [0.25, 0.3) is 0 Å². The van der Waals surface area contributed by atoms with Crippen LogP contribution in [0.15, 0.2) is 12.2 Å². The average Bonchev–Trinajstić information content (AvgIpc) is 2.02. The number of nitrogens with two attached hydrogens (primary N) is 1. The first-order valence-electron chi connectivity index (χ1n) is 4.64. The number of aliphatic carboxylic acids is 1. The molecule has 0 fully saturated rings. The monoisotopic (exact) mass is 185 g/mol. The molecule has 3 heteroatoms. The highest BCUT2D eigenvalue weighted by Gasteiger charge is 2.13. The van der Waals surface area contributed by atoms with Gasteiger partial charge in [0, 0.05) is 6.42 Å². The number of carbonyl (C=O) groups is 1. The van der Waals surface area contributed by atoms with Crippen LogP contribution < -0.4 is 5.73 Å². The normalized spacial score (nSPS) is 15.9. The van der Waals surface area contributed by atoms with Crippen LogP contribution in [0.2, 0.25) is 0 Å². The van der Waals surface area contributed by atoms with E-state index in [0.29, 0.717) is 12.5 Å². The molecule has 0 aromatic rings. The van der Waals surface area contributed by atoms with Crippen LogP contribution in [-0.4, -0.2) is 17.6 Å². The summed E-state index contributed by atoms with van der Waals surface area (Å²) in [5, 5.41) is 8.58. The number of allylic oxidation sites excluding steroid dienone is 2. The summed E-state index contributed by atoms with van der Waals surface area (Å²) in [4.78, 5) is 10.4. The molecule has 1 unspecified atom stereocenters. The van der Waals surface area contributed by atoms with Gasteiger partial charge in [-0.05, 0) is 31.7 Å². The highest BCUT2D eigenvalue weighted by Crippen LogP contribution is 2.15. The van der Waals surface area contributed by atoms with Gasteiger partial charge in [0.15, 0.2) is 0 Å². The fourth-order valence-electron chi connectivity index (χ4n) is 1.44. The zero-order valence-electron chi connectivity index (χ0n) is 8.36. The quantitative estimate of drug-likeness (QED) is 0.618. The van der Waals surface area contributed by atoms with Crippen LogP contribution in [0.25, 0.3) is 0 Å². The van der Waals surface area contributed by atoms with Crippen molar-refractivity contribution in [3.05, 3.63) is 12.2 Å². The van der Waals surface area contributed by atoms with Gasteiger partial charge in [-0.15, -0.1) is 0 Å². The second-order valence-electron chi connectivity index (χ2n) is 3.44. The summed E-state index contributed by atoms with van der Waals surface area (Å²) >= 11 is 0. The Hall–Kier alpha value is -0.830. The highest BCUT2D eigenvalue weighted by atomic mass is 16.4. The first-order valence-corrected chi connectivity index (χ1v) is 4.64. The predicted octanol–water partition coefficient (Wildman–Crippen LogP) is 1.64. The largest absolute Gasteiger partial charge is 0.481 e. The number of hydrogen-bond donors (Lipinski definition) is 2. The molecular weight excluding hydrogens is 166 g/mol. The number of hydrogen-bond acceptors (Lipinski definition) is 2. The third-order valence-corrected chi connectivity index (χ3v) is 2.02. The molecule has 0 heterocycles. The molecule has 3 N–H and O–H groups in total. The van der Waals surface area contributed by atoms with E-state index in [1.54, 1.807) is 0 Å². The summed E-state index contributed by atoms with van der Waals surface area (Å²) in [6.07, 6.45) is 5.09. The molecule has 0 aliphatic heterocycles. The van der Waals surface area contributed by atoms with E-state index in [-0.39, 0.29) is 12.3 Å². The molecule has 0 saturated carbocycles. The van der Waals surface area contributed by atoms with Crippen molar-refractivity contribution in [2.75, 3.05) is 6.54 Å². The molecule has 0 aliphatic rings. The molecular formula is C10H19NO2. The van der Waals surface area contributed by atoms with Gasteiger partial charge in [0.1, 0.15) is 0 Å². The van der Waals surface area contributed by atoms with E-state index in [2.05, 4.69) is 13.0 Å². The van der Waals surface area contributed by atoms with Crippen LogP contribution >= 0.6 is 0 Å². The molecule has 0 aromatic carbocycles. The van der Waals surface area contributed by atoms with Crippen LogP contribution in [-0.2, 0) is 4.79 Å². The van der Waals surface area contributed by atoms with Gasteiger partial charge in [-0.2, -0.15) is 0 Å². The zero-order valence-corrected chi connectivity index (χ0v) is 8.36. The van der Waals surface area contributed by atoms with E-state index in [4.69, 9.17) is 10.8 Å². The minimum atomic E-state index is -0.761. The maximum absolute atomic E-state index is 10.4. The zero-order chi connectivity index (χ0) is 10.3. The van der Waals surface area contributed by atoms with E-state index >= 15 is 0 Å². The fraction of sp³-hybridized carbons (Fsp3) is 0.700. The Morgan fingerprint density at radius 3 is 2.62 bits per heavy atom. The molecule has 76 valence electrons. The van der Waals surface area contributed by atoms with Crippen molar-refractivity contribution in [2.45, 2.75) is 26.7 Å². The molecule has 0 spiro atoms. The third kappa shape index (κ3) is 6.34. The Balaban J connectivity index is 3.89. The predicted molar refractivity (Wildman–Crippen MR) is 53.4 cm³/mol. The fourth-order valence-corrected chi connectivity index (χ4v) is 1.44. The van der Waals surface area contributed by atoms with Crippen LogP contribution in [0.5, 0.6) is 0 Å². The summed E-state index contributed by atoms with van der Waals surface area (Å²) in [7, 11) is 0. The second-order valence-corrected chi connectivity index (χ2v) is 3.44. The molecule has 0 radical (unpaired) electrons. The van der Waals surface area contributed by atoms with Gasteiger partial charge in [0.05, 0.1) is 0 Å². The van der Waals surface area contributed by atoms with Crippen molar-refractivity contribution < 1.29 is 9.90 Å². The van der Waals surface area contributed by atoms with E-state index in [9.17, 15) is 4.79 Å². The summed E-state index contributed by atoms with van der Waals surface area (Å²) < 4.78 is 0. The summed E-state index contributed by atoms with van der Waals surface area (Å²) in [6.45, 7) is 4.49. The third-order valence-electron chi connectivity index (χ3n) is 2.02. The lowest BCUT2D eigenvalue weighted by atomic mass is 9.93. The van der Waals surface area contributed by atoms with Crippen LogP contribution in [0.3, 0.4) is 0 Å². The van der Waals surface area contributed by atoms with Gasteiger partial charge in [-0.1, -0.05) is 19.1 Å². The Morgan fingerprint density at radius 1 is 1.62 bits per heavy atom. The number of rotatable bonds is 6. The average molecular weight is 185 g/mol. The Labute approximate surface area is 79.6 Å². The van der Waals surface area contributed by atoms with Crippen molar-refractivity contribution in [1.82, 2.24) is 0 Å². The smallest absolute Gasteiger partial charge is 0.303 e. The molecule has 0 bridgehead atoms. The van der Waals surface area contributed by atoms with Gasteiger partial charge in [-0.3, -0.25) is 4.79 Å². The number of carboxylic acid groups (broad SMARTS) is 1. The molecule has 3 nitrogen and oxygen atoms in total. The summed E-state index contributed by atoms with van der Waals surface area (Å²) in [6, 6.07) is 0. The SMILES string of the molecule is CC=CC(C)C[C@H](CN)CC(=O)O. The minimum Gasteiger partial charge on any atom is -0.481 e. The van der Waals surface area contributed by atoms with Crippen molar-refractivity contribution in [1.29, 1.82) is 0 Å². The molecule has 0 amide bonds. The van der Waals surface area contributed by atoms with E-state index in [1.807, 2.05) is 13.0 Å². The van der Waals surface area contributed by atoms with Gasteiger partial charge < -0.3 is 10.8 Å².